The molecule has 0 unspecified atom stereocenters. The van der Waals surface area contributed by atoms with Crippen molar-refractivity contribution in [1.29, 1.82) is 0 Å². The molecular formula is C15H26N2O2S2. The molecule has 0 atom stereocenters. The molecule has 120 valence electrons. The fraction of sp³-hybridized carbons (Fsp3) is 0.733. The van der Waals surface area contributed by atoms with E-state index in [1.54, 1.807) is 10.4 Å². The normalized spacial score (nSPS) is 18.5. The summed E-state index contributed by atoms with van der Waals surface area (Å²) in [7, 11) is -3.33. The molecule has 1 N–H and O–H groups in total. The highest BCUT2D eigenvalue weighted by Crippen LogP contribution is 2.30. The van der Waals surface area contributed by atoms with Gasteiger partial charge in [-0.25, -0.2) is 8.42 Å². The van der Waals surface area contributed by atoms with Crippen molar-refractivity contribution in [1.82, 2.24) is 9.62 Å². The van der Waals surface area contributed by atoms with Crippen LogP contribution in [0.4, 0.5) is 0 Å². The summed E-state index contributed by atoms with van der Waals surface area (Å²) in [6, 6.07) is 1.75. The lowest BCUT2D eigenvalue weighted by atomic mass is 9.87. The second-order valence-corrected chi connectivity index (χ2v) is 8.88. The lowest BCUT2D eigenvalue weighted by Crippen LogP contribution is -2.39. The van der Waals surface area contributed by atoms with Gasteiger partial charge in [-0.15, -0.1) is 11.3 Å². The average molecular weight is 331 g/mol. The molecule has 1 saturated heterocycles. The van der Waals surface area contributed by atoms with Crippen molar-refractivity contribution in [2.45, 2.75) is 45.1 Å². The van der Waals surface area contributed by atoms with Crippen LogP contribution in [0, 0.1) is 11.8 Å². The molecule has 21 heavy (non-hydrogen) atoms. The first-order valence-corrected chi connectivity index (χ1v) is 10.1. The fourth-order valence-electron chi connectivity index (χ4n) is 2.85. The minimum atomic E-state index is -3.33. The summed E-state index contributed by atoms with van der Waals surface area (Å²) in [5.74, 6) is 1.29. The number of sulfonamides is 1. The van der Waals surface area contributed by atoms with Gasteiger partial charge in [-0.2, -0.15) is 4.31 Å². The Morgan fingerprint density at radius 3 is 2.62 bits per heavy atom. The molecule has 2 heterocycles. The first-order chi connectivity index (χ1) is 9.96. The van der Waals surface area contributed by atoms with Gasteiger partial charge in [0.15, 0.2) is 0 Å². The highest BCUT2D eigenvalue weighted by molar-refractivity contribution is 7.89. The second kappa shape index (κ2) is 7.22. The van der Waals surface area contributed by atoms with Crippen LogP contribution in [-0.4, -0.2) is 32.4 Å². The Morgan fingerprint density at radius 2 is 2.05 bits per heavy atom. The van der Waals surface area contributed by atoms with E-state index in [0.29, 0.717) is 36.4 Å². The van der Waals surface area contributed by atoms with Crippen molar-refractivity contribution in [3.05, 3.63) is 16.3 Å². The number of rotatable bonds is 6. The van der Waals surface area contributed by atoms with Gasteiger partial charge in [0.1, 0.15) is 0 Å². The summed E-state index contributed by atoms with van der Waals surface area (Å²) in [5.41, 5.74) is 0. The van der Waals surface area contributed by atoms with Gasteiger partial charge >= 0.3 is 0 Å². The molecule has 1 fully saturated rings. The molecule has 0 aliphatic carbocycles. The van der Waals surface area contributed by atoms with Gasteiger partial charge in [0.2, 0.25) is 10.0 Å². The lowest BCUT2D eigenvalue weighted by Gasteiger charge is -2.33. The summed E-state index contributed by atoms with van der Waals surface area (Å²) < 4.78 is 27.3. The van der Waals surface area contributed by atoms with Crippen LogP contribution in [0.25, 0.3) is 0 Å². The van der Waals surface area contributed by atoms with E-state index in [0.717, 1.165) is 24.3 Å². The molecule has 1 aromatic heterocycles. The van der Waals surface area contributed by atoms with E-state index in [9.17, 15) is 8.42 Å². The highest BCUT2D eigenvalue weighted by atomic mass is 32.2. The smallest absolute Gasteiger partial charge is 0.244 e. The number of piperidine rings is 1. The molecular weight excluding hydrogens is 304 g/mol. The Balaban J connectivity index is 2.10. The van der Waals surface area contributed by atoms with E-state index in [1.807, 2.05) is 12.3 Å². The van der Waals surface area contributed by atoms with Gasteiger partial charge < -0.3 is 5.32 Å². The van der Waals surface area contributed by atoms with Crippen LogP contribution in [0.15, 0.2) is 16.3 Å². The number of thiophene rings is 1. The van der Waals surface area contributed by atoms with E-state index in [2.05, 4.69) is 19.2 Å². The Morgan fingerprint density at radius 1 is 1.38 bits per heavy atom. The zero-order chi connectivity index (χ0) is 15.5. The fourth-order valence-corrected chi connectivity index (χ4v) is 5.70. The van der Waals surface area contributed by atoms with Crippen molar-refractivity contribution in [2.24, 2.45) is 11.8 Å². The third-order valence-electron chi connectivity index (χ3n) is 4.30. The topological polar surface area (TPSA) is 49.4 Å². The van der Waals surface area contributed by atoms with Crippen molar-refractivity contribution >= 4 is 21.4 Å². The summed E-state index contributed by atoms with van der Waals surface area (Å²) in [6.45, 7) is 9.26. The van der Waals surface area contributed by atoms with Crippen LogP contribution in [0.2, 0.25) is 0 Å². The van der Waals surface area contributed by atoms with Crippen LogP contribution < -0.4 is 5.32 Å². The zero-order valence-corrected chi connectivity index (χ0v) is 14.8. The van der Waals surface area contributed by atoms with Crippen LogP contribution in [0.3, 0.4) is 0 Å². The number of hydrogen-bond donors (Lipinski definition) is 1. The van der Waals surface area contributed by atoms with Crippen molar-refractivity contribution in [3.63, 3.8) is 0 Å². The third kappa shape index (κ3) is 3.86. The summed E-state index contributed by atoms with van der Waals surface area (Å²) in [4.78, 5) is 1.42. The monoisotopic (exact) mass is 330 g/mol. The quantitative estimate of drug-likeness (QED) is 0.872. The lowest BCUT2D eigenvalue weighted by molar-refractivity contribution is 0.226. The second-order valence-electron chi connectivity index (χ2n) is 5.97. The SMILES string of the molecule is CCNCc1sccc1S(=O)(=O)N1CCC(C(C)C)CC1. The maximum absolute atomic E-state index is 12.8. The Labute approximate surface area is 132 Å². The van der Waals surface area contributed by atoms with Gasteiger partial charge in [-0.1, -0.05) is 20.8 Å². The van der Waals surface area contributed by atoms with Gasteiger partial charge in [-0.05, 0) is 42.7 Å². The van der Waals surface area contributed by atoms with Crippen LogP contribution in [0.5, 0.6) is 0 Å². The number of nitrogens with one attached hydrogen (secondary N) is 1. The van der Waals surface area contributed by atoms with E-state index >= 15 is 0 Å². The van der Waals surface area contributed by atoms with E-state index < -0.39 is 10.0 Å². The molecule has 0 bridgehead atoms. The highest BCUT2D eigenvalue weighted by Gasteiger charge is 2.32. The van der Waals surface area contributed by atoms with Crippen molar-refractivity contribution in [2.75, 3.05) is 19.6 Å². The largest absolute Gasteiger partial charge is 0.312 e. The Hall–Kier alpha value is -0.430. The van der Waals surface area contributed by atoms with Gasteiger partial charge in [0.25, 0.3) is 0 Å². The molecule has 0 aromatic carbocycles. The van der Waals surface area contributed by atoms with Crippen LogP contribution in [0.1, 0.15) is 38.5 Å². The standard InChI is InChI=1S/C15H26N2O2S2/c1-4-16-11-14-15(7-10-20-14)21(18,19)17-8-5-13(6-9-17)12(2)3/h7,10,12-13,16H,4-6,8-9,11H2,1-3H3. The first-order valence-electron chi connectivity index (χ1n) is 7.74. The van der Waals surface area contributed by atoms with Gasteiger partial charge in [0, 0.05) is 24.5 Å². The molecule has 4 nitrogen and oxygen atoms in total. The van der Waals surface area contributed by atoms with E-state index in [1.165, 1.54) is 11.3 Å². The molecule has 1 aromatic rings. The third-order valence-corrected chi connectivity index (χ3v) is 7.33. The summed E-state index contributed by atoms with van der Waals surface area (Å²) in [6.07, 6.45) is 1.95. The average Bonchev–Trinajstić information content (AvgIpc) is 2.94. The maximum Gasteiger partial charge on any atom is 0.244 e. The van der Waals surface area contributed by atoms with Gasteiger partial charge in [-0.3, -0.25) is 0 Å². The molecule has 6 heteroatoms. The predicted octanol–water partition coefficient (Wildman–Crippen LogP) is 2.91. The zero-order valence-electron chi connectivity index (χ0n) is 13.1. The molecule has 1 aliphatic heterocycles. The van der Waals surface area contributed by atoms with Crippen molar-refractivity contribution in [3.8, 4) is 0 Å². The first kappa shape index (κ1) is 16.9. The minimum absolute atomic E-state index is 0.497. The summed E-state index contributed by atoms with van der Waals surface area (Å²) >= 11 is 1.52. The molecule has 0 radical (unpaired) electrons. The van der Waals surface area contributed by atoms with E-state index in [-0.39, 0.29) is 0 Å². The molecule has 1 aliphatic rings. The molecule has 0 saturated carbocycles. The Kier molecular flexibility index (Phi) is 5.82. The summed E-state index contributed by atoms with van der Waals surface area (Å²) in [5, 5.41) is 5.09. The molecule has 0 amide bonds. The van der Waals surface area contributed by atoms with Crippen LogP contribution >= 0.6 is 11.3 Å². The maximum atomic E-state index is 12.8. The minimum Gasteiger partial charge on any atom is -0.312 e. The predicted molar refractivity (Wildman–Crippen MR) is 88.0 cm³/mol. The Bertz CT molecular complexity index is 544. The number of nitrogens with zero attached hydrogens (tertiary/aromatic N) is 1. The molecule has 0 spiro atoms. The van der Waals surface area contributed by atoms with Gasteiger partial charge in [0.05, 0.1) is 4.90 Å². The van der Waals surface area contributed by atoms with Crippen LogP contribution in [-0.2, 0) is 16.6 Å². The number of hydrogen-bond acceptors (Lipinski definition) is 4. The van der Waals surface area contributed by atoms with E-state index in [4.69, 9.17) is 0 Å². The molecule has 2 rings (SSSR count). The van der Waals surface area contributed by atoms with Crippen molar-refractivity contribution < 1.29 is 8.42 Å².